The summed E-state index contributed by atoms with van der Waals surface area (Å²) < 4.78 is 0. The first-order valence-corrected chi connectivity index (χ1v) is 8.64. The van der Waals surface area contributed by atoms with Gasteiger partial charge in [-0.25, -0.2) is 9.97 Å². The van der Waals surface area contributed by atoms with Crippen molar-refractivity contribution >= 4 is 23.1 Å². The Bertz CT molecular complexity index is 920. The number of hydrogen-bond donors (Lipinski definition) is 2. The minimum absolute atomic E-state index is 0.247. The third-order valence-corrected chi connectivity index (χ3v) is 4.04. The zero-order valence-corrected chi connectivity index (χ0v) is 15.2. The molecule has 5 heteroatoms. The molecule has 0 spiro atoms. The fraction of sp³-hybridized carbons (Fsp3) is 0.190. The molecule has 0 atom stereocenters. The molecule has 3 rings (SSSR count). The van der Waals surface area contributed by atoms with Crippen LogP contribution in [0, 0.1) is 13.8 Å². The molecule has 0 aliphatic carbocycles. The quantitative estimate of drug-likeness (QED) is 0.705. The number of nitrogens with one attached hydrogen (secondary N) is 2. The number of carbonyl (C=O) groups is 1. The van der Waals surface area contributed by atoms with Gasteiger partial charge in [0, 0.05) is 17.4 Å². The summed E-state index contributed by atoms with van der Waals surface area (Å²) in [6.45, 7) is 5.87. The van der Waals surface area contributed by atoms with Crippen LogP contribution in [0.1, 0.15) is 34.4 Å². The van der Waals surface area contributed by atoms with E-state index in [2.05, 4.69) is 27.5 Å². The van der Waals surface area contributed by atoms with Crippen molar-refractivity contribution in [3.63, 3.8) is 0 Å². The number of anilines is 3. The van der Waals surface area contributed by atoms with E-state index in [1.807, 2.05) is 55.5 Å². The normalized spacial score (nSPS) is 10.4. The molecule has 3 aromatic rings. The van der Waals surface area contributed by atoms with Gasteiger partial charge in [0.05, 0.1) is 0 Å². The Morgan fingerprint density at radius 2 is 1.73 bits per heavy atom. The molecule has 0 saturated heterocycles. The standard InChI is InChI=1S/C21H22N4O/c1-4-16-7-5-6-8-18(16)25-21(26)19-13-20(23-15(3)22-19)24-17-11-9-14(2)10-12-17/h5-13H,4H2,1-3H3,(H,25,26)(H,22,23,24). The fourth-order valence-corrected chi connectivity index (χ4v) is 2.67. The van der Waals surface area contributed by atoms with Crippen LogP contribution < -0.4 is 10.6 Å². The molecule has 0 aliphatic rings. The highest BCUT2D eigenvalue weighted by Crippen LogP contribution is 2.19. The maximum Gasteiger partial charge on any atom is 0.274 e. The van der Waals surface area contributed by atoms with Gasteiger partial charge in [0.15, 0.2) is 0 Å². The van der Waals surface area contributed by atoms with E-state index in [9.17, 15) is 4.79 Å². The smallest absolute Gasteiger partial charge is 0.274 e. The highest BCUT2D eigenvalue weighted by Gasteiger charge is 2.12. The maximum atomic E-state index is 12.7. The number of benzene rings is 2. The molecule has 1 heterocycles. The second kappa shape index (κ2) is 7.78. The van der Waals surface area contributed by atoms with Crippen molar-refractivity contribution in [1.29, 1.82) is 0 Å². The van der Waals surface area contributed by atoms with Crippen molar-refractivity contribution < 1.29 is 4.79 Å². The molecule has 2 N–H and O–H groups in total. The SMILES string of the molecule is CCc1ccccc1NC(=O)c1cc(Nc2ccc(C)cc2)nc(C)n1. The van der Waals surface area contributed by atoms with Crippen LogP contribution in [-0.2, 0) is 6.42 Å². The average Bonchev–Trinajstić information content (AvgIpc) is 2.63. The third kappa shape index (κ3) is 4.25. The lowest BCUT2D eigenvalue weighted by molar-refractivity contribution is 0.102. The van der Waals surface area contributed by atoms with Gasteiger partial charge in [-0.05, 0) is 44.0 Å². The molecule has 0 fully saturated rings. The maximum absolute atomic E-state index is 12.7. The first-order valence-electron chi connectivity index (χ1n) is 8.64. The van der Waals surface area contributed by atoms with Crippen molar-refractivity contribution in [2.75, 3.05) is 10.6 Å². The van der Waals surface area contributed by atoms with Gasteiger partial charge < -0.3 is 10.6 Å². The zero-order valence-electron chi connectivity index (χ0n) is 15.2. The zero-order chi connectivity index (χ0) is 18.5. The van der Waals surface area contributed by atoms with Gasteiger partial charge in [-0.3, -0.25) is 4.79 Å². The summed E-state index contributed by atoms with van der Waals surface area (Å²) in [4.78, 5) is 21.3. The second-order valence-corrected chi connectivity index (χ2v) is 6.14. The summed E-state index contributed by atoms with van der Waals surface area (Å²) in [5, 5.41) is 6.17. The molecule has 0 saturated carbocycles. The third-order valence-electron chi connectivity index (χ3n) is 4.04. The Kier molecular flexibility index (Phi) is 5.27. The summed E-state index contributed by atoms with van der Waals surface area (Å²) in [6, 6.07) is 17.4. The second-order valence-electron chi connectivity index (χ2n) is 6.14. The van der Waals surface area contributed by atoms with E-state index in [1.54, 1.807) is 13.0 Å². The molecular formula is C21H22N4O. The molecule has 0 aliphatic heterocycles. The van der Waals surface area contributed by atoms with Gasteiger partial charge in [-0.15, -0.1) is 0 Å². The van der Waals surface area contributed by atoms with Crippen molar-refractivity contribution in [2.24, 2.45) is 0 Å². The number of carbonyl (C=O) groups excluding carboxylic acids is 1. The lowest BCUT2D eigenvalue weighted by Gasteiger charge is -2.11. The summed E-state index contributed by atoms with van der Waals surface area (Å²) in [5.41, 5.74) is 4.33. The lowest BCUT2D eigenvalue weighted by Crippen LogP contribution is -2.16. The van der Waals surface area contributed by atoms with Crippen LogP contribution in [0.2, 0.25) is 0 Å². The van der Waals surface area contributed by atoms with Gasteiger partial charge in [-0.2, -0.15) is 0 Å². The number of aryl methyl sites for hydroxylation is 3. The van der Waals surface area contributed by atoms with Crippen molar-refractivity contribution in [1.82, 2.24) is 9.97 Å². The van der Waals surface area contributed by atoms with E-state index in [-0.39, 0.29) is 5.91 Å². The van der Waals surface area contributed by atoms with Crippen LogP contribution in [0.4, 0.5) is 17.2 Å². The molecule has 5 nitrogen and oxygen atoms in total. The monoisotopic (exact) mass is 346 g/mol. The minimum atomic E-state index is -0.247. The molecule has 2 aromatic carbocycles. The van der Waals surface area contributed by atoms with Crippen LogP contribution >= 0.6 is 0 Å². The van der Waals surface area contributed by atoms with Gasteiger partial charge in [-0.1, -0.05) is 42.8 Å². The van der Waals surface area contributed by atoms with Gasteiger partial charge in [0.1, 0.15) is 17.3 Å². The summed E-state index contributed by atoms with van der Waals surface area (Å²) >= 11 is 0. The molecule has 0 unspecified atom stereocenters. The highest BCUT2D eigenvalue weighted by atomic mass is 16.1. The first kappa shape index (κ1) is 17.6. The van der Waals surface area contributed by atoms with Crippen molar-refractivity contribution in [3.05, 3.63) is 77.2 Å². The molecule has 26 heavy (non-hydrogen) atoms. The minimum Gasteiger partial charge on any atom is -0.340 e. The highest BCUT2D eigenvalue weighted by molar-refractivity contribution is 6.03. The Hall–Kier alpha value is -3.21. The largest absolute Gasteiger partial charge is 0.340 e. The van der Waals surface area contributed by atoms with Crippen LogP contribution in [0.3, 0.4) is 0 Å². The predicted octanol–water partition coefficient (Wildman–Crippen LogP) is 4.65. The number of hydrogen-bond acceptors (Lipinski definition) is 4. The van der Waals surface area contributed by atoms with Crippen LogP contribution in [-0.4, -0.2) is 15.9 Å². The number of aromatic nitrogens is 2. The Morgan fingerprint density at radius 1 is 1.00 bits per heavy atom. The molecular weight excluding hydrogens is 324 g/mol. The van der Waals surface area contributed by atoms with Gasteiger partial charge >= 0.3 is 0 Å². The van der Waals surface area contributed by atoms with E-state index in [0.29, 0.717) is 17.3 Å². The number of amides is 1. The van der Waals surface area contributed by atoms with E-state index < -0.39 is 0 Å². The summed E-state index contributed by atoms with van der Waals surface area (Å²) in [6.07, 6.45) is 0.847. The Labute approximate surface area is 153 Å². The Morgan fingerprint density at radius 3 is 2.46 bits per heavy atom. The van der Waals surface area contributed by atoms with Crippen LogP contribution in [0.5, 0.6) is 0 Å². The van der Waals surface area contributed by atoms with Gasteiger partial charge in [0.2, 0.25) is 0 Å². The predicted molar refractivity (Wildman–Crippen MR) is 105 cm³/mol. The topological polar surface area (TPSA) is 66.9 Å². The van der Waals surface area contributed by atoms with Crippen LogP contribution in [0.15, 0.2) is 54.6 Å². The Balaban J connectivity index is 1.82. The molecule has 1 amide bonds. The molecule has 0 bridgehead atoms. The van der Waals surface area contributed by atoms with Crippen LogP contribution in [0.25, 0.3) is 0 Å². The summed E-state index contributed by atoms with van der Waals surface area (Å²) in [7, 11) is 0. The van der Waals surface area contributed by atoms with Crippen molar-refractivity contribution in [2.45, 2.75) is 27.2 Å². The van der Waals surface area contributed by atoms with E-state index in [0.717, 1.165) is 23.4 Å². The molecule has 1 aromatic heterocycles. The van der Waals surface area contributed by atoms with Crippen molar-refractivity contribution in [3.8, 4) is 0 Å². The first-order chi connectivity index (χ1) is 12.5. The average molecular weight is 346 g/mol. The number of nitrogens with zero attached hydrogens (tertiary/aromatic N) is 2. The van der Waals surface area contributed by atoms with E-state index in [1.165, 1.54) is 5.56 Å². The fourth-order valence-electron chi connectivity index (χ4n) is 2.67. The van der Waals surface area contributed by atoms with Gasteiger partial charge in [0.25, 0.3) is 5.91 Å². The summed E-state index contributed by atoms with van der Waals surface area (Å²) in [5.74, 6) is 0.884. The molecule has 132 valence electrons. The van der Waals surface area contributed by atoms with E-state index >= 15 is 0 Å². The van der Waals surface area contributed by atoms with E-state index in [4.69, 9.17) is 0 Å². The number of para-hydroxylation sites is 1. The molecule has 0 radical (unpaired) electrons. The lowest BCUT2D eigenvalue weighted by atomic mass is 10.1. The number of rotatable bonds is 5.